The summed E-state index contributed by atoms with van der Waals surface area (Å²) in [7, 11) is 0. The van der Waals surface area contributed by atoms with Crippen LogP contribution in [0, 0.1) is 0 Å². The lowest BCUT2D eigenvalue weighted by Crippen LogP contribution is -2.34. The first-order chi connectivity index (χ1) is 7.27. The molecule has 1 aromatic rings. The zero-order chi connectivity index (χ0) is 11.1. The summed E-state index contributed by atoms with van der Waals surface area (Å²) in [5.74, 6) is 0. The van der Waals surface area contributed by atoms with Crippen molar-refractivity contribution in [2.75, 3.05) is 18.5 Å². The third-order valence-electron chi connectivity index (χ3n) is 1.82. The number of benzene rings is 1. The van der Waals surface area contributed by atoms with Crippen LogP contribution in [-0.2, 0) is 4.84 Å². The molecule has 82 valence electrons. The average molecular weight is 208 g/mol. The molecule has 0 spiro atoms. The number of carbonyl (C=O) groups is 1. The molecule has 0 saturated heterocycles. The standard InChI is InChI=1S/C11H16N2O2/c1-3-13(15-4-2)11(14)12-10-8-6-5-7-9-10/h5-9H,3-4H2,1-2H3,(H,12,14). The summed E-state index contributed by atoms with van der Waals surface area (Å²) >= 11 is 0. The minimum absolute atomic E-state index is 0.245. The zero-order valence-electron chi connectivity index (χ0n) is 9.06. The van der Waals surface area contributed by atoms with Crippen LogP contribution in [0.25, 0.3) is 0 Å². The van der Waals surface area contributed by atoms with Gasteiger partial charge in [0.1, 0.15) is 0 Å². The van der Waals surface area contributed by atoms with Gasteiger partial charge in [-0.15, -0.1) is 0 Å². The molecule has 2 amide bonds. The normalized spacial score (nSPS) is 9.73. The molecule has 0 aliphatic rings. The SMILES string of the molecule is CCON(CC)C(=O)Nc1ccccc1. The third kappa shape index (κ3) is 3.59. The molecule has 4 nitrogen and oxygen atoms in total. The summed E-state index contributed by atoms with van der Waals surface area (Å²) in [5, 5.41) is 4.04. The number of hydroxylamine groups is 2. The molecule has 15 heavy (non-hydrogen) atoms. The van der Waals surface area contributed by atoms with E-state index in [-0.39, 0.29) is 6.03 Å². The summed E-state index contributed by atoms with van der Waals surface area (Å²) in [6.07, 6.45) is 0. The molecule has 0 radical (unpaired) electrons. The number of amides is 2. The minimum Gasteiger partial charge on any atom is -0.306 e. The van der Waals surface area contributed by atoms with E-state index < -0.39 is 0 Å². The molecule has 1 aromatic carbocycles. The fraction of sp³-hybridized carbons (Fsp3) is 0.364. The van der Waals surface area contributed by atoms with E-state index in [4.69, 9.17) is 4.84 Å². The second-order valence-corrected chi connectivity index (χ2v) is 2.91. The van der Waals surface area contributed by atoms with Crippen LogP contribution in [0.2, 0.25) is 0 Å². The Kier molecular flexibility index (Phi) is 4.63. The maximum atomic E-state index is 11.6. The van der Waals surface area contributed by atoms with Gasteiger partial charge >= 0.3 is 6.03 Å². The first-order valence-electron chi connectivity index (χ1n) is 5.04. The summed E-state index contributed by atoms with van der Waals surface area (Å²) in [4.78, 5) is 16.8. The van der Waals surface area contributed by atoms with E-state index >= 15 is 0 Å². The van der Waals surface area contributed by atoms with Crippen LogP contribution in [0.15, 0.2) is 30.3 Å². The lowest BCUT2D eigenvalue weighted by atomic mass is 10.3. The van der Waals surface area contributed by atoms with Gasteiger partial charge in [-0.05, 0) is 26.0 Å². The van der Waals surface area contributed by atoms with Crippen molar-refractivity contribution in [1.82, 2.24) is 5.06 Å². The molecule has 1 N–H and O–H groups in total. The molecule has 0 aliphatic heterocycles. The van der Waals surface area contributed by atoms with Crippen molar-refractivity contribution in [3.05, 3.63) is 30.3 Å². The van der Waals surface area contributed by atoms with Crippen molar-refractivity contribution in [1.29, 1.82) is 0 Å². The number of urea groups is 1. The van der Waals surface area contributed by atoms with E-state index in [1.807, 2.05) is 44.2 Å². The van der Waals surface area contributed by atoms with Gasteiger partial charge in [0, 0.05) is 12.2 Å². The minimum atomic E-state index is -0.245. The molecule has 0 heterocycles. The summed E-state index contributed by atoms with van der Waals surface area (Å²) in [6.45, 7) is 4.71. The highest BCUT2D eigenvalue weighted by atomic mass is 16.7. The maximum absolute atomic E-state index is 11.6. The number of carbonyl (C=O) groups excluding carboxylic acids is 1. The molecule has 0 unspecified atom stereocenters. The quantitative estimate of drug-likeness (QED) is 0.772. The van der Waals surface area contributed by atoms with E-state index in [9.17, 15) is 4.79 Å². The number of nitrogens with zero attached hydrogens (tertiary/aromatic N) is 1. The van der Waals surface area contributed by atoms with Crippen molar-refractivity contribution in [2.24, 2.45) is 0 Å². The van der Waals surface area contributed by atoms with Crippen LogP contribution in [0.4, 0.5) is 10.5 Å². The molecule has 0 saturated carbocycles. The van der Waals surface area contributed by atoms with E-state index in [0.29, 0.717) is 13.2 Å². The Balaban J connectivity index is 2.54. The van der Waals surface area contributed by atoms with Crippen LogP contribution in [0.1, 0.15) is 13.8 Å². The zero-order valence-corrected chi connectivity index (χ0v) is 9.06. The first-order valence-corrected chi connectivity index (χ1v) is 5.04. The summed E-state index contributed by atoms with van der Waals surface area (Å²) < 4.78 is 0. The predicted molar refractivity (Wildman–Crippen MR) is 59.5 cm³/mol. The number of rotatable bonds is 4. The van der Waals surface area contributed by atoms with Gasteiger partial charge in [-0.3, -0.25) is 4.84 Å². The van der Waals surface area contributed by atoms with Crippen LogP contribution < -0.4 is 5.32 Å². The highest BCUT2D eigenvalue weighted by molar-refractivity contribution is 5.88. The van der Waals surface area contributed by atoms with Gasteiger partial charge in [-0.1, -0.05) is 18.2 Å². The number of hydrogen-bond donors (Lipinski definition) is 1. The molecule has 0 bridgehead atoms. The number of nitrogens with one attached hydrogen (secondary N) is 1. The molecule has 1 rings (SSSR count). The van der Waals surface area contributed by atoms with Gasteiger partial charge < -0.3 is 5.32 Å². The van der Waals surface area contributed by atoms with E-state index in [1.165, 1.54) is 5.06 Å². The summed E-state index contributed by atoms with van der Waals surface area (Å²) in [6, 6.07) is 9.05. The van der Waals surface area contributed by atoms with Gasteiger partial charge in [0.25, 0.3) is 0 Å². The topological polar surface area (TPSA) is 41.6 Å². The van der Waals surface area contributed by atoms with Gasteiger partial charge in [0.05, 0.1) is 6.61 Å². The molecular formula is C11H16N2O2. The highest BCUT2D eigenvalue weighted by Crippen LogP contribution is 2.06. The lowest BCUT2D eigenvalue weighted by Gasteiger charge is -2.19. The van der Waals surface area contributed by atoms with E-state index in [1.54, 1.807) is 0 Å². The fourth-order valence-corrected chi connectivity index (χ4v) is 1.16. The second-order valence-electron chi connectivity index (χ2n) is 2.91. The van der Waals surface area contributed by atoms with Crippen LogP contribution in [0.3, 0.4) is 0 Å². The Morgan fingerprint density at radius 2 is 2.00 bits per heavy atom. The van der Waals surface area contributed by atoms with E-state index in [0.717, 1.165) is 5.69 Å². The molecule has 4 heteroatoms. The third-order valence-corrected chi connectivity index (χ3v) is 1.82. The summed E-state index contributed by atoms with van der Waals surface area (Å²) in [5.41, 5.74) is 0.764. The Morgan fingerprint density at radius 3 is 2.53 bits per heavy atom. The Bertz CT molecular complexity index is 301. The second kappa shape index (κ2) is 6.03. The van der Waals surface area contributed by atoms with Crippen LogP contribution >= 0.6 is 0 Å². The smallest absolute Gasteiger partial charge is 0.306 e. The number of para-hydroxylation sites is 1. The molecular weight excluding hydrogens is 192 g/mol. The van der Waals surface area contributed by atoms with E-state index in [2.05, 4.69) is 5.32 Å². The molecule has 0 atom stereocenters. The molecule has 0 aromatic heterocycles. The average Bonchev–Trinajstić information content (AvgIpc) is 2.27. The van der Waals surface area contributed by atoms with Crippen molar-refractivity contribution in [2.45, 2.75) is 13.8 Å². The van der Waals surface area contributed by atoms with Gasteiger partial charge in [0.2, 0.25) is 0 Å². The Hall–Kier alpha value is -1.55. The fourth-order valence-electron chi connectivity index (χ4n) is 1.16. The first kappa shape index (κ1) is 11.5. The predicted octanol–water partition coefficient (Wildman–Crippen LogP) is 2.49. The van der Waals surface area contributed by atoms with Crippen LogP contribution in [0.5, 0.6) is 0 Å². The Morgan fingerprint density at radius 1 is 1.33 bits per heavy atom. The van der Waals surface area contributed by atoms with Crippen molar-refractivity contribution in [3.8, 4) is 0 Å². The lowest BCUT2D eigenvalue weighted by molar-refractivity contribution is -0.104. The van der Waals surface area contributed by atoms with Gasteiger partial charge in [-0.25, -0.2) is 9.86 Å². The van der Waals surface area contributed by atoms with Crippen LogP contribution in [-0.4, -0.2) is 24.2 Å². The van der Waals surface area contributed by atoms with Crippen molar-refractivity contribution < 1.29 is 9.63 Å². The largest absolute Gasteiger partial charge is 0.345 e. The molecule has 0 fully saturated rings. The maximum Gasteiger partial charge on any atom is 0.345 e. The van der Waals surface area contributed by atoms with Gasteiger partial charge in [-0.2, -0.15) is 0 Å². The van der Waals surface area contributed by atoms with Crippen molar-refractivity contribution >= 4 is 11.7 Å². The molecule has 0 aliphatic carbocycles. The van der Waals surface area contributed by atoms with Gasteiger partial charge in [0.15, 0.2) is 0 Å². The van der Waals surface area contributed by atoms with Crippen molar-refractivity contribution in [3.63, 3.8) is 0 Å². The number of hydrogen-bond acceptors (Lipinski definition) is 2. The monoisotopic (exact) mass is 208 g/mol. The highest BCUT2D eigenvalue weighted by Gasteiger charge is 2.10. The Labute approximate surface area is 89.8 Å². The number of anilines is 1.